The molecule has 0 radical (unpaired) electrons. The van der Waals surface area contributed by atoms with Gasteiger partial charge in [-0.3, -0.25) is 15.0 Å². The highest BCUT2D eigenvalue weighted by atomic mass is 16.2. The van der Waals surface area contributed by atoms with E-state index < -0.39 is 17.5 Å². The maximum absolute atomic E-state index is 12.8. The van der Waals surface area contributed by atoms with Crippen LogP contribution in [0.25, 0.3) is 0 Å². The average Bonchev–Trinajstić information content (AvgIpc) is 2.98. The van der Waals surface area contributed by atoms with Gasteiger partial charge in [-0.1, -0.05) is 67.8 Å². The second-order valence-corrected chi connectivity index (χ2v) is 7.92. The van der Waals surface area contributed by atoms with E-state index in [1.807, 2.05) is 42.5 Å². The Kier molecular flexibility index (Phi) is 5.70. The Morgan fingerprint density at radius 1 is 0.967 bits per heavy atom. The highest BCUT2D eigenvalue weighted by Gasteiger charge is 2.52. The van der Waals surface area contributed by atoms with Crippen LogP contribution in [0.2, 0.25) is 0 Å². The summed E-state index contributed by atoms with van der Waals surface area (Å²) >= 11 is 0. The predicted octanol–water partition coefficient (Wildman–Crippen LogP) is 2.98. The first-order chi connectivity index (χ1) is 14.6. The Bertz CT molecular complexity index is 938. The summed E-state index contributed by atoms with van der Waals surface area (Å²) in [6.07, 6.45) is 4.83. The zero-order valence-corrected chi connectivity index (χ0v) is 16.8. The summed E-state index contributed by atoms with van der Waals surface area (Å²) in [5, 5.41) is 6.75. The molecule has 0 aromatic heterocycles. The minimum atomic E-state index is -0.849. The van der Waals surface area contributed by atoms with Crippen LogP contribution in [0.3, 0.4) is 0 Å². The van der Waals surface area contributed by atoms with Crippen LogP contribution in [0.4, 0.5) is 10.5 Å². The van der Waals surface area contributed by atoms with Gasteiger partial charge < -0.3 is 10.6 Å². The van der Waals surface area contributed by atoms with Crippen molar-refractivity contribution < 1.29 is 14.4 Å². The normalized spacial score (nSPS) is 17.7. The van der Waals surface area contributed by atoms with Crippen LogP contribution in [0.5, 0.6) is 0 Å². The van der Waals surface area contributed by atoms with Crippen molar-refractivity contribution >= 4 is 23.5 Å². The van der Waals surface area contributed by atoms with E-state index in [1.165, 1.54) is 5.56 Å². The first-order valence-corrected chi connectivity index (χ1v) is 10.4. The Morgan fingerprint density at radius 3 is 2.43 bits per heavy atom. The number of nitrogens with one attached hydrogen (secondary N) is 3. The molecule has 2 aromatic carbocycles. The lowest BCUT2D eigenvalue weighted by Crippen LogP contribution is -2.51. The molecule has 2 fully saturated rings. The molecule has 3 N–H and O–H groups in total. The predicted molar refractivity (Wildman–Crippen MR) is 114 cm³/mol. The fourth-order valence-corrected chi connectivity index (χ4v) is 4.22. The Hall–Kier alpha value is -3.35. The number of amides is 4. The summed E-state index contributed by atoms with van der Waals surface area (Å²) < 4.78 is 0. The van der Waals surface area contributed by atoms with E-state index in [4.69, 9.17) is 0 Å². The molecule has 0 unspecified atom stereocenters. The second-order valence-electron chi connectivity index (χ2n) is 7.92. The lowest BCUT2D eigenvalue weighted by atomic mass is 9.82. The number of carbonyl (C=O) groups is 3. The van der Waals surface area contributed by atoms with E-state index in [0.29, 0.717) is 12.8 Å². The third-order valence-corrected chi connectivity index (χ3v) is 5.80. The molecule has 30 heavy (non-hydrogen) atoms. The molecule has 1 saturated carbocycles. The minimum absolute atomic E-state index is 0.0458. The smallest absolute Gasteiger partial charge is 0.344 e. The quantitative estimate of drug-likeness (QED) is 0.644. The van der Waals surface area contributed by atoms with Crippen molar-refractivity contribution in [3.05, 3.63) is 65.7 Å². The molecular weight excluding hydrogens is 380 g/mol. The zero-order valence-electron chi connectivity index (χ0n) is 16.8. The number of hydrazine groups is 1. The summed E-state index contributed by atoms with van der Waals surface area (Å²) in [6.45, 7) is -0.0458. The molecule has 1 aliphatic carbocycles. The van der Waals surface area contributed by atoms with Gasteiger partial charge in [-0.2, -0.15) is 5.01 Å². The molecule has 4 amide bonds. The first kappa shape index (κ1) is 19.9. The molecule has 1 spiro atoms. The zero-order chi connectivity index (χ0) is 21.0. The molecule has 2 aliphatic rings. The third-order valence-electron chi connectivity index (χ3n) is 5.80. The summed E-state index contributed by atoms with van der Waals surface area (Å²) in [7, 11) is 0. The molecule has 0 bridgehead atoms. The van der Waals surface area contributed by atoms with E-state index in [0.717, 1.165) is 41.9 Å². The summed E-state index contributed by atoms with van der Waals surface area (Å²) in [5.74, 6) is -0.800. The van der Waals surface area contributed by atoms with E-state index in [2.05, 4.69) is 28.2 Å². The lowest BCUT2D eigenvalue weighted by Gasteiger charge is -2.30. The van der Waals surface area contributed by atoms with Crippen LogP contribution in [-0.4, -0.2) is 34.9 Å². The number of rotatable bonds is 6. The minimum Gasteiger partial charge on any atom is -0.376 e. The molecule has 7 heteroatoms. The molecule has 2 aromatic rings. The topological polar surface area (TPSA) is 90.5 Å². The molecule has 7 nitrogen and oxygen atoms in total. The van der Waals surface area contributed by atoms with E-state index in [1.54, 1.807) is 0 Å². The highest BCUT2D eigenvalue weighted by molar-refractivity contribution is 6.08. The molecule has 1 aliphatic heterocycles. The van der Waals surface area contributed by atoms with Crippen molar-refractivity contribution in [2.24, 2.45) is 0 Å². The van der Waals surface area contributed by atoms with Gasteiger partial charge in [0.05, 0.1) is 6.54 Å². The maximum atomic E-state index is 12.8. The van der Waals surface area contributed by atoms with Gasteiger partial charge >= 0.3 is 6.03 Å². The van der Waals surface area contributed by atoms with Crippen LogP contribution in [0, 0.1) is 0 Å². The van der Waals surface area contributed by atoms with E-state index >= 15 is 0 Å². The largest absolute Gasteiger partial charge is 0.376 e. The number of imide groups is 1. The molecule has 156 valence electrons. The van der Waals surface area contributed by atoms with Gasteiger partial charge in [-0.15, -0.1) is 0 Å². The number of anilines is 1. The third kappa shape index (κ3) is 4.15. The highest BCUT2D eigenvalue weighted by Crippen LogP contribution is 2.33. The van der Waals surface area contributed by atoms with E-state index in [9.17, 15) is 14.4 Å². The summed E-state index contributed by atoms with van der Waals surface area (Å²) in [4.78, 5) is 37.5. The van der Waals surface area contributed by atoms with Gasteiger partial charge in [0.15, 0.2) is 0 Å². The standard InChI is InChI=1S/C23H26N4O3/c28-20(26-27-21(29)23(25-22(27)30)13-7-2-8-14-23)16-24-19-12-6-5-11-18(19)15-17-9-3-1-4-10-17/h1,3-6,9-12,24H,2,7-8,13-16H2,(H,25,30)(H,26,28). The van der Waals surface area contributed by atoms with Crippen LogP contribution < -0.4 is 16.1 Å². The number of benzene rings is 2. The summed E-state index contributed by atoms with van der Waals surface area (Å²) in [6, 6.07) is 17.3. The van der Waals surface area contributed by atoms with Crippen molar-refractivity contribution in [2.45, 2.75) is 44.1 Å². The number of para-hydroxylation sites is 1. The summed E-state index contributed by atoms with van der Waals surface area (Å²) in [5.41, 5.74) is 4.69. The van der Waals surface area contributed by atoms with Gasteiger partial charge in [0.1, 0.15) is 5.54 Å². The lowest BCUT2D eigenvalue weighted by molar-refractivity contribution is -0.139. The second kappa shape index (κ2) is 8.57. The number of nitrogens with zero attached hydrogens (tertiary/aromatic N) is 1. The van der Waals surface area contributed by atoms with Crippen molar-refractivity contribution in [1.29, 1.82) is 0 Å². The van der Waals surface area contributed by atoms with Crippen molar-refractivity contribution in [1.82, 2.24) is 15.8 Å². The van der Waals surface area contributed by atoms with Crippen LogP contribution >= 0.6 is 0 Å². The molecule has 4 rings (SSSR count). The van der Waals surface area contributed by atoms with E-state index in [-0.39, 0.29) is 12.5 Å². The van der Waals surface area contributed by atoms with Crippen molar-refractivity contribution in [2.75, 3.05) is 11.9 Å². The monoisotopic (exact) mass is 406 g/mol. The van der Waals surface area contributed by atoms with Gasteiger partial charge in [0.25, 0.3) is 11.8 Å². The Morgan fingerprint density at radius 2 is 1.67 bits per heavy atom. The number of urea groups is 1. The molecule has 0 atom stereocenters. The number of carbonyl (C=O) groups excluding carboxylic acids is 3. The Labute approximate surface area is 175 Å². The van der Waals surface area contributed by atoms with Crippen LogP contribution in [0.15, 0.2) is 54.6 Å². The van der Waals surface area contributed by atoms with Crippen molar-refractivity contribution in [3.8, 4) is 0 Å². The fourth-order valence-electron chi connectivity index (χ4n) is 4.22. The average molecular weight is 406 g/mol. The van der Waals surface area contributed by atoms with Crippen LogP contribution in [-0.2, 0) is 16.0 Å². The number of hydrogen-bond acceptors (Lipinski definition) is 4. The fraction of sp³-hybridized carbons (Fsp3) is 0.348. The van der Waals surface area contributed by atoms with Gasteiger partial charge in [-0.05, 0) is 36.5 Å². The van der Waals surface area contributed by atoms with Crippen molar-refractivity contribution in [3.63, 3.8) is 0 Å². The van der Waals surface area contributed by atoms with Gasteiger partial charge in [0.2, 0.25) is 0 Å². The maximum Gasteiger partial charge on any atom is 0.344 e. The molecular formula is C23H26N4O3. The number of hydrogen-bond donors (Lipinski definition) is 3. The Balaban J connectivity index is 1.36. The molecule has 1 heterocycles. The van der Waals surface area contributed by atoms with Gasteiger partial charge in [0, 0.05) is 5.69 Å². The van der Waals surface area contributed by atoms with Gasteiger partial charge in [-0.25, -0.2) is 4.79 Å². The SMILES string of the molecule is O=C(CNc1ccccc1Cc1ccccc1)NN1C(=O)NC2(CCCCC2)C1=O. The van der Waals surface area contributed by atoms with Crippen LogP contribution in [0.1, 0.15) is 43.2 Å². The molecule has 1 saturated heterocycles. The first-order valence-electron chi connectivity index (χ1n) is 10.4.